The van der Waals surface area contributed by atoms with Crippen LogP contribution >= 0.6 is 23.6 Å². The number of thiocarbonyl (C=S) groups is 1. The largest absolute Gasteiger partial charge is 0.234 e. The summed E-state index contributed by atoms with van der Waals surface area (Å²) < 4.78 is 0. The second-order valence-electron chi connectivity index (χ2n) is 6.41. The summed E-state index contributed by atoms with van der Waals surface area (Å²) in [6.45, 7) is 2.05. The maximum absolute atomic E-state index is 4.89. The second kappa shape index (κ2) is 8.84. The molecule has 0 saturated carbocycles. The molecule has 4 aromatic rings. The van der Waals surface area contributed by atoms with E-state index >= 15 is 0 Å². The van der Waals surface area contributed by atoms with Gasteiger partial charge in [0.25, 0.3) is 0 Å². The van der Waals surface area contributed by atoms with E-state index in [9.17, 15) is 0 Å². The van der Waals surface area contributed by atoms with Gasteiger partial charge in [-0.3, -0.25) is 0 Å². The number of isothiocyanates is 1. The molecule has 0 radical (unpaired) electrons. The SMILES string of the molecule is Cc1ccc(C(N=C=S)=Nc2sc(-c3ccccc3)nc2-c2ccccc2)cc1. The summed E-state index contributed by atoms with van der Waals surface area (Å²) in [5.41, 5.74) is 4.97. The van der Waals surface area contributed by atoms with E-state index in [4.69, 9.17) is 22.2 Å². The molecule has 140 valence electrons. The quantitative estimate of drug-likeness (QED) is 0.207. The number of hydrogen-bond donors (Lipinski definition) is 0. The molecule has 0 spiro atoms. The van der Waals surface area contributed by atoms with Crippen LogP contribution < -0.4 is 0 Å². The lowest BCUT2D eigenvalue weighted by Crippen LogP contribution is -1.96. The van der Waals surface area contributed by atoms with Gasteiger partial charge in [-0.1, -0.05) is 102 Å². The number of aromatic nitrogens is 1. The van der Waals surface area contributed by atoms with Crippen molar-refractivity contribution in [2.24, 2.45) is 9.98 Å². The molecule has 0 N–H and O–H groups in total. The Kier molecular flexibility index (Phi) is 5.82. The molecular formula is C24H17N3S2. The summed E-state index contributed by atoms with van der Waals surface area (Å²) in [4.78, 5) is 14.0. The highest BCUT2D eigenvalue weighted by atomic mass is 32.1. The molecular weight excluding hydrogens is 394 g/mol. The van der Waals surface area contributed by atoms with Gasteiger partial charge < -0.3 is 0 Å². The topological polar surface area (TPSA) is 37.6 Å². The van der Waals surface area contributed by atoms with E-state index in [1.807, 2.05) is 79.7 Å². The van der Waals surface area contributed by atoms with Crippen LogP contribution in [0.2, 0.25) is 0 Å². The van der Waals surface area contributed by atoms with Crippen LogP contribution in [-0.4, -0.2) is 16.0 Å². The van der Waals surface area contributed by atoms with Crippen molar-refractivity contribution >= 4 is 39.6 Å². The minimum atomic E-state index is 0.528. The van der Waals surface area contributed by atoms with Crippen molar-refractivity contribution in [3.8, 4) is 21.8 Å². The fourth-order valence-corrected chi connectivity index (χ4v) is 3.93. The van der Waals surface area contributed by atoms with Crippen molar-refractivity contribution in [3.63, 3.8) is 0 Å². The summed E-state index contributed by atoms with van der Waals surface area (Å²) >= 11 is 6.41. The van der Waals surface area contributed by atoms with Crippen LogP contribution in [0.5, 0.6) is 0 Å². The Morgan fingerprint density at radius 2 is 1.48 bits per heavy atom. The average molecular weight is 412 g/mol. The number of hydrogen-bond acceptors (Lipinski definition) is 4. The number of aryl methyl sites for hydroxylation is 1. The molecule has 29 heavy (non-hydrogen) atoms. The van der Waals surface area contributed by atoms with Gasteiger partial charge in [0.05, 0.1) is 5.16 Å². The Bertz CT molecular complexity index is 1190. The highest BCUT2D eigenvalue weighted by Gasteiger charge is 2.15. The first-order valence-corrected chi connectivity index (χ1v) is 10.3. The molecule has 1 heterocycles. The van der Waals surface area contributed by atoms with Gasteiger partial charge in [0.1, 0.15) is 15.7 Å². The van der Waals surface area contributed by atoms with Crippen LogP contribution in [0.25, 0.3) is 21.8 Å². The predicted molar refractivity (Wildman–Crippen MR) is 125 cm³/mol. The number of amidine groups is 1. The fraction of sp³-hybridized carbons (Fsp3) is 0.0417. The molecule has 0 unspecified atom stereocenters. The van der Waals surface area contributed by atoms with Gasteiger partial charge >= 0.3 is 0 Å². The smallest absolute Gasteiger partial charge is 0.171 e. The second-order valence-corrected chi connectivity index (χ2v) is 7.57. The zero-order chi connectivity index (χ0) is 20.1. The fourth-order valence-electron chi connectivity index (χ4n) is 2.87. The predicted octanol–water partition coefficient (Wildman–Crippen LogP) is 6.97. The lowest BCUT2D eigenvalue weighted by atomic mass is 10.1. The first-order valence-electron chi connectivity index (χ1n) is 9.10. The van der Waals surface area contributed by atoms with Crippen molar-refractivity contribution < 1.29 is 0 Å². The van der Waals surface area contributed by atoms with E-state index in [1.165, 1.54) is 16.9 Å². The number of rotatable bonds is 4. The molecule has 0 atom stereocenters. The third-order valence-corrected chi connectivity index (χ3v) is 5.44. The lowest BCUT2D eigenvalue weighted by molar-refractivity contribution is 1.38. The zero-order valence-corrected chi connectivity index (χ0v) is 17.4. The molecule has 5 heteroatoms. The molecule has 0 amide bonds. The van der Waals surface area contributed by atoms with E-state index in [-0.39, 0.29) is 0 Å². The van der Waals surface area contributed by atoms with Gasteiger partial charge in [-0.2, -0.15) is 4.99 Å². The summed E-state index contributed by atoms with van der Waals surface area (Å²) in [7, 11) is 0. The van der Waals surface area contributed by atoms with Crippen molar-refractivity contribution in [2.75, 3.05) is 0 Å². The Hall–Kier alpha value is -3.24. The molecule has 3 aromatic carbocycles. The maximum atomic E-state index is 4.89. The monoisotopic (exact) mass is 411 g/mol. The number of aliphatic imine (C=N–C) groups is 2. The molecule has 0 aliphatic heterocycles. The third-order valence-electron chi connectivity index (χ3n) is 4.35. The van der Waals surface area contributed by atoms with Crippen LogP contribution in [0.15, 0.2) is 94.9 Å². The average Bonchev–Trinajstić information content (AvgIpc) is 3.19. The highest BCUT2D eigenvalue weighted by Crippen LogP contribution is 2.40. The van der Waals surface area contributed by atoms with Crippen molar-refractivity contribution in [1.29, 1.82) is 0 Å². The van der Waals surface area contributed by atoms with E-state index in [0.29, 0.717) is 5.84 Å². The molecule has 0 saturated heterocycles. The van der Waals surface area contributed by atoms with Crippen LogP contribution in [-0.2, 0) is 0 Å². The van der Waals surface area contributed by atoms with Gasteiger partial charge in [0, 0.05) is 16.7 Å². The van der Waals surface area contributed by atoms with Crippen molar-refractivity contribution in [3.05, 3.63) is 96.1 Å². The Balaban J connectivity index is 1.88. The molecule has 0 fully saturated rings. The molecule has 0 bridgehead atoms. The summed E-state index contributed by atoms with van der Waals surface area (Å²) in [6, 6.07) is 28.2. The summed E-state index contributed by atoms with van der Waals surface area (Å²) in [5, 5.41) is 4.17. The van der Waals surface area contributed by atoms with Crippen molar-refractivity contribution in [1.82, 2.24) is 4.98 Å². The normalized spacial score (nSPS) is 11.1. The van der Waals surface area contributed by atoms with Crippen LogP contribution in [0.4, 0.5) is 5.00 Å². The van der Waals surface area contributed by atoms with Gasteiger partial charge in [-0.05, 0) is 19.1 Å². The summed E-state index contributed by atoms with van der Waals surface area (Å²) in [5.74, 6) is 0.528. The zero-order valence-electron chi connectivity index (χ0n) is 15.7. The van der Waals surface area contributed by atoms with Gasteiger partial charge in [0.15, 0.2) is 5.84 Å². The molecule has 0 aliphatic rings. The maximum Gasteiger partial charge on any atom is 0.171 e. The standard InChI is InChI=1S/C24H17N3S2/c1-17-12-14-19(15-13-17)22(25-16-28)27-24-21(18-8-4-2-5-9-18)26-23(29-24)20-10-6-3-7-11-20/h2-15H,1H3. The van der Waals surface area contributed by atoms with Crippen molar-refractivity contribution in [2.45, 2.75) is 6.92 Å². The molecule has 0 aliphatic carbocycles. The van der Waals surface area contributed by atoms with E-state index in [2.05, 4.69) is 22.3 Å². The minimum absolute atomic E-state index is 0.528. The van der Waals surface area contributed by atoms with Crippen LogP contribution in [0.3, 0.4) is 0 Å². The van der Waals surface area contributed by atoms with Gasteiger partial charge in [0.2, 0.25) is 0 Å². The van der Waals surface area contributed by atoms with Gasteiger partial charge in [-0.15, -0.1) is 0 Å². The minimum Gasteiger partial charge on any atom is -0.234 e. The molecule has 1 aromatic heterocycles. The first kappa shape index (κ1) is 19.1. The molecule has 3 nitrogen and oxygen atoms in total. The molecule has 4 rings (SSSR count). The van der Waals surface area contributed by atoms with Crippen LogP contribution in [0.1, 0.15) is 11.1 Å². The van der Waals surface area contributed by atoms with E-state index in [1.54, 1.807) is 0 Å². The number of benzene rings is 3. The Morgan fingerprint density at radius 3 is 2.10 bits per heavy atom. The number of thiazole rings is 1. The lowest BCUT2D eigenvalue weighted by Gasteiger charge is -2.02. The van der Waals surface area contributed by atoms with E-state index in [0.717, 1.165) is 32.4 Å². The Labute approximate surface area is 179 Å². The summed E-state index contributed by atoms with van der Waals surface area (Å²) in [6.07, 6.45) is 0. The highest BCUT2D eigenvalue weighted by molar-refractivity contribution is 7.78. The van der Waals surface area contributed by atoms with E-state index < -0.39 is 0 Å². The Morgan fingerprint density at radius 1 is 0.862 bits per heavy atom. The van der Waals surface area contributed by atoms with Crippen LogP contribution in [0, 0.1) is 6.92 Å². The first-order chi connectivity index (χ1) is 14.2. The number of nitrogens with zero attached hydrogens (tertiary/aromatic N) is 3. The van der Waals surface area contributed by atoms with Gasteiger partial charge in [-0.25, -0.2) is 9.98 Å². The third kappa shape index (κ3) is 4.44.